The summed E-state index contributed by atoms with van der Waals surface area (Å²) in [5.74, 6) is -1.18. The lowest BCUT2D eigenvalue weighted by Gasteiger charge is -2.51. The molecule has 3 heterocycles. The number of H-pyrrole nitrogens is 1. The number of aliphatic carboxylic acids is 1. The number of fused-ring (bicyclic) bond motifs is 3. The van der Waals surface area contributed by atoms with E-state index in [0.717, 1.165) is 28.6 Å². The Labute approximate surface area is 217 Å². The minimum Gasteiger partial charge on any atom is -0.481 e. The van der Waals surface area contributed by atoms with Crippen molar-refractivity contribution in [3.8, 4) is 0 Å². The Hall–Kier alpha value is -2.78. The van der Waals surface area contributed by atoms with Gasteiger partial charge in [-0.05, 0) is 38.4 Å². The van der Waals surface area contributed by atoms with Crippen LogP contribution in [0, 0.1) is 11.3 Å². The van der Waals surface area contributed by atoms with Gasteiger partial charge in [0.25, 0.3) is 0 Å². The van der Waals surface area contributed by atoms with Crippen LogP contribution in [0.2, 0.25) is 0 Å². The topological polar surface area (TPSA) is 81.2 Å². The molecule has 1 aromatic carbocycles. The molecular weight excluding hydrogens is 478 g/mol. The van der Waals surface area contributed by atoms with Gasteiger partial charge in [-0.1, -0.05) is 32.0 Å². The van der Waals surface area contributed by atoms with Gasteiger partial charge < -0.3 is 19.7 Å². The molecular formula is C28H38F2N4O3. The first-order chi connectivity index (χ1) is 17.7. The summed E-state index contributed by atoms with van der Waals surface area (Å²) in [6.07, 6.45) is 2.43. The third kappa shape index (κ3) is 5.29. The number of hydrogen-bond acceptors (Lipinski definition) is 5. The van der Waals surface area contributed by atoms with Crippen molar-refractivity contribution in [1.29, 1.82) is 0 Å². The Bertz CT molecular complexity index is 1180. The number of carboxylic acid groups (broad SMARTS) is 1. The summed E-state index contributed by atoms with van der Waals surface area (Å²) in [5.41, 5.74) is 2.03. The summed E-state index contributed by atoms with van der Waals surface area (Å²) in [6.45, 7) is 7.44. The molecule has 2 unspecified atom stereocenters. The van der Waals surface area contributed by atoms with Crippen LogP contribution >= 0.6 is 0 Å². The molecule has 0 saturated carbocycles. The van der Waals surface area contributed by atoms with Gasteiger partial charge in [0, 0.05) is 48.2 Å². The van der Waals surface area contributed by atoms with Gasteiger partial charge in [-0.2, -0.15) is 0 Å². The van der Waals surface area contributed by atoms with Crippen molar-refractivity contribution in [3.63, 3.8) is 0 Å². The highest BCUT2D eigenvalue weighted by atomic mass is 19.1. The van der Waals surface area contributed by atoms with Crippen LogP contribution in [-0.4, -0.2) is 77.8 Å². The number of carbonyl (C=O) groups is 1. The van der Waals surface area contributed by atoms with Crippen LogP contribution in [0.3, 0.4) is 0 Å². The van der Waals surface area contributed by atoms with E-state index in [2.05, 4.69) is 27.9 Å². The average molecular weight is 517 g/mol. The molecule has 37 heavy (non-hydrogen) atoms. The third-order valence-corrected chi connectivity index (χ3v) is 8.16. The number of ether oxygens (including phenoxy) is 1. The average Bonchev–Trinajstić information content (AvgIpc) is 3.23. The molecule has 7 nitrogen and oxygen atoms in total. The number of aromatic nitrogens is 1. The number of likely N-dealkylation sites (N-methyl/N-ethyl adjacent to an activating group) is 1. The molecule has 202 valence electrons. The van der Waals surface area contributed by atoms with Gasteiger partial charge in [-0.25, -0.2) is 9.38 Å². The highest BCUT2D eigenvalue weighted by Gasteiger charge is 2.54. The first-order valence-electron chi connectivity index (χ1n) is 13.1. The Morgan fingerprint density at radius 1 is 1.32 bits per heavy atom. The SMILES string of the molecule is CC1C(OCCN(C)CCCF)=NC=C(F)C1(C)[C@@H]1c2[nH]c3ccccc3c2C[C@@H](C)N1CCC(=O)O. The highest BCUT2D eigenvalue weighted by molar-refractivity contribution is 5.86. The fourth-order valence-electron chi connectivity index (χ4n) is 5.84. The summed E-state index contributed by atoms with van der Waals surface area (Å²) >= 11 is 0. The minimum atomic E-state index is -1.04. The maximum Gasteiger partial charge on any atom is 0.304 e. The second kappa shape index (κ2) is 11.3. The van der Waals surface area contributed by atoms with Crippen molar-refractivity contribution in [2.45, 2.75) is 52.1 Å². The predicted molar refractivity (Wildman–Crippen MR) is 141 cm³/mol. The van der Waals surface area contributed by atoms with Gasteiger partial charge >= 0.3 is 5.97 Å². The molecule has 9 heteroatoms. The van der Waals surface area contributed by atoms with E-state index < -0.39 is 23.3 Å². The molecule has 2 aromatic rings. The Kier molecular flexibility index (Phi) is 8.33. The lowest BCUT2D eigenvalue weighted by molar-refractivity contribution is -0.138. The van der Waals surface area contributed by atoms with E-state index in [1.807, 2.05) is 44.0 Å². The van der Waals surface area contributed by atoms with Crippen LogP contribution < -0.4 is 0 Å². The van der Waals surface area contributed by atoms with Crippen molar-refractivity contribution in [2.75, 3.05) is 40.0 Å². The van der Waals surface area contributed by atoms with Crippen LogP contribution in [0.1, 0.15) is 50.9 Å². The molecule has 2 N–H and O–H groups in total. The van der Waals surface area contributed by atoms with Crippen molar-refractivity contribution in [3.05, 3.63) is 47.5 Å². The van der Waals surface area contributed by atoms with E-state index in [-0.39, 0.29) is 25.0 Å². The molecule has 1 aromatic heterocycles. The molecule has 2 aliphatic heterocycles. The van der Waals surface area contributed by atoms with Gasteiger partial charge in [0.1, 0.15) is 12.4 Å². The zero-order valence-corrected chi connectivity index (χ0v) is 22.1. The Balaban J connectivity index is 1.69. The fraction of sp³-hybridized carbons (Fsp3) is 0.571. The lowest BCUT2D eigenvalue weighted by atomic mass is 9.66. The monoisotopic (exact) mass is 516 g/mol. The van der Waals surface area contributed by atoms with Gasteiger partial charge in [-0.15, -0.1) is 0 Å². The summed E-state index contributed by atoms with van der Waals surface area (Å²) in [4.78, 5) is 23.5. The van der Waals surface area contributed by atoms with E-state index in [0.29, 0.717) is 38.6 Å². The smallest absolute Gasteiger partial charge is 0.304 e. The van der Waals surface area contributed by atoms with Crippen LogP contribution in [0.15, 0.2) is 41.3 Å². The number of halogens is 2. The summed E-state index contributed by atoms with van der Waals surface area (Å²) in [6, 6.07) is 7.65. The Morgan fingerprint density at radius 3 is 2.81 bits per heavy atom. The van der Waals surface area contributed by atoms with Gasteiger partial charge in [0.05, 0.1) is 30.8 Å². The second-order valence-corrected chi connectivity index (χ2v) is 10.5. The fourth-order valence-corrected chi connectivity index (χ4v) is 5.84. The first kappa shape index (κ1) is 27.3. The number of benzene rings is 1. The van der Waals surface area contributed by atoms with E-state index in [1.165, 1.54) is 6.20 Å². The summed E-state index contributed by atoms with van der Waals surface area (Å²) in [7, 11) is 1.91. The van der Waals surface area contributed by atoms with Crippen molar-refractivity contribution >= 4 is 22.8 Å². The summed E-state index contributed by atoms with van der Waals surface area (Å²) < 4.78 is 34.5. The number of rotatable bonds is 10. The highest BCUT2D eigenvalue weighted by Crippen LogP contribution is 2.55. The predicted octanol–water partition coefficient (Wildman–Crippen LogP) is 5.10. The van der Waals surface area contributed by atoms with E-state index in [1.54, 1.807) is 0 Å². The van der Waals surface area contributed by atoms with Gasteiger partial charge in [0.15, 0.2) is 5.90 Å². The quantitative estimate of drug-likeness (QED) is 0.459. The summed E-state index contributed by atoms with van der Waals surface area (Å²) in [5, 5.41) is 10.6. The van der Waals surface area contributed by atoms with Gasteiger partial charge in [0.2, 0.25) is 0 Å². The maximum atomic E-state index is 16.0. The molecule has 0 spiro atoms. The minimum absolute atomic E-state index is 0.0141. The number of nitrogens with one attached hydrogen (secondary N) is 1. The number of aliphatic imine (C=N–C) groups is 1. The molecule has 0 amide bonds. The van der Waals surface area contributed by atoms with Crippen molar-refractivity contribution < 1.29 is 23.4 Å². The van der Waals surface area contributed by atoms with E-state index in [9.17, 15) is 14.3 Å². The Morgan fingerprint density at radius 2 is 2.08 bits per heavy atom. The lowest BCUT2D eigenvalue weighted by Crippen LogP contribution is -2.53. The molecule has 0 fully saturated rings. The standard InChI is InChI=1S/C28H38F2N4O3/c1-18-16-21-20-8-5-6-9-22(20)32-25(21)26(34(18)13-10-24(35)36)28(3)19(2)27(31-17-23(28)30)37-15-14-33(4)12-7-11-29/h5-6,8-9,17-19,26,32H,7,10-16H2,1-4H3,(H,35,36)/t18-,19?,26+,28?/m1/s1. The second-order valence-electron chi connectivity index (χ2n) is 10.5. The molecule has 2 aliphatic rings. The molecule has 0 saturated heterocycles. The van der Waals surface area contributed by atoms with E-state index >= 15 is 4.39 Å². The number of aromatic amines is 1. The maximum absolute atomic E-state index is 16.0. The third-order valence-electron chi connectivity index (χ3n) is 8.16. The largest absolute Gasteiger partial charge is 0.481 e. The molecule has 0 aliphatic carbocycles. The number of para-hydroxylation sites is 1. The zero-order valence-electron chi connectivity index (χ0n) is 22.1. The van der Waals surface area contributed by atoms with Crippen LogP contribution in [0.4, 0.5) is 8.78 Å². The van der Waals surface area contributed by atoms with Crippen LogP contribution in [-0.2, 0) is 16.0 Å². The van der Waals surface area contributed by atoms with Crippen LogP contribution in [0.25, 0.3) is 10.9 Å². The van der Waals surface area contributed by atoms with Gasteiger partial charge in [-0.3, -0.25) is 14.1 Å². The molecule has 4 atom stereocenters. The number of carboxylic acids is 1. The zero-order chi connectivity index (χ0) is 26.7. The molecule has 4 rings (SSSR count). The first-order valence-corrected chi connectivity index (χ1v) is 13.1. The van der Waals surface area contributed by atoms with Crippen molar-refractivity contribution in [1.82, 2.24) is 14.8 Å². The van der Waals surface area contributed by atoms with Crippen molar-refractivity contribution in [2.24, 2.45) is 16.3 Å². The van der Waals surface area contributed by atoms with Crippen LogP contribution in [0.5, 0.6) is 0 Å². The number of hydrogen-bond donors (Lipinski definition) is 2. The number of alkyl halides is 1. The number of nitrogens with zero attached hydrogens (tertiary/aromatic N) is 3. The normalized spacial score (nSPS) is 26.2. The molecule has 0 bridgehead atoms. The molecule has 0 radical (unpaired) electrons. The van der Waals surface area contributed by atoms with E-state index in [4.69, 9.17) is 4.74 Å².